The highest BCUT2D eigenvalue weighted by molar-refractivity contribution is 7.89. The number of hydrogen-bond donors (Lipinski definition) is 2. The summed E-state index contributed by atoms with van der Waals surface area (Å²) in [6.07, 6.45) is 2.65. The van der Waals surface area contributed by atoms with E-state index in [0.717, 1.165) is 42.6 Å². The van der Waals surface area contributed by atoms with Gasteiger partial charge >= 0.3 is 0 Å². The minimum Gasteiger partial charge on any atom is -0.385 e. The maximum atomic E-state index is 12.5. The molecule has 0 radical (unpaired) electrons. The molecule has 20 heavy (non-hydrogen) atoms. The van der Waals surface area contributed by atoms with Gasteiger partial charge in [-0.3, -0.25) is 0 Å². The number of rotatable bonds is 5. The van der Waals surface area contributed by atoms with Crippen molar-refractivity contribution in [3.8, 4) is 0 Å². The first-order valence-electron chi connectivity index (χ1n) is 7.28. The fourth-order valence-electron chi connectivity index (χ4n) is 2.53. The lowest BCUT2D eigenvalue weighted by Crippen LogP contribution is -2.28. The SMILES string of the molecule is Cc1ccc(S(=O)(=O)NCCC(C)C)c2c1NCCC2. The van der Waals surface area contributed by atoms with Crippen molar-refractivity contribution < 1.29 is 8.42 Å². The van der Waals surface area contributed by atoms with Crippen LogP contribution in [0.4, 0.5) is 5.69 Å². The predicted octanol–water partition coefficient (Wildman–Crippen LogP) is 2.68. The van der Waals surface area contributed by atoms with Gasteiger partial charge in [0.2, 0.25) is 10.0 Å². The molecule has 1 aliphatic heterocycles. The van der Waals surface area contributed by atoms with Crippen LogP contribution in [-0.2, 0) is 16.4 Å². The molecule has 0 bridgehead atoms. The molecule has 0 atom stereocenters. The van der Waals surface area contributed by atoms with Crippen LogP contribution in [-0.4, -0.2) is 21.5 Å². The largest absolute Gasteiger partial charge is 0.385 e. The highest BCUT2D eigenvalue weighted by Gasteiger charge is 2.23. The fraction of sp³-hybridized carbons (Fsp3) is 0.600. The molecular formula is C15H24N2O2S. The standard InChI is InChI=1S/C15H24N2O2S/c1-11(2)8-10-17-20(18,19)14-7-6-12(3)15-13(14)5-4-9-16-15/h6-7,11,16-17H,4-5,8-10H2,1-3H3. The molecule has 1 aromatic carbocycles. The van der Waals surface area contributed by atoms with Crippen molar-refractivity contribution in [2.75, 3.05) is 18.4 Å². The number of nitrogens with one attached hydrogen (secondary N) is 2. The highest BCUT2D eigenvalue weighted by Crippen LogP contribution is 2.31. The van der Waals surface area contributed by atoms with E-state index in [2.05, 4.69) is 23.9 Å². The Morgan fingerprint density at radius 2 is 2.10 bits per heavy atom. The van der Waals surface area contributed by atoms with E-state index in [1.165, 1.54) is 0 Å². The van der Waals surface area contributed by atoms with Gasteiger partial charge in [0, 0.05) is 18.8 Å². The molecule has 112 valence electrons. The monoisotopic (exact) mass is 296 g/mol. The van der Waals surface area contributed by atoms with E-state index >= 15 is 0 Å². The van der Waals surface area contributed by atoms with Gasteiger partial charge in [0.1, 0.15) is 0 Å². The van der Waals surface area contributed by atoms with E-state index in [0.29, 0.717) is 17.4 Å². The van der Waals surface area contributed by atoms with Crippen molar-refractivity contribution in [1.29, 1.82) is 0 Å². The Morgan fingerprint density at radius 1 is 1.35 bits per heavy atom. The third-order valence-electron chi connectivity index (χ3n) is 3.69. The Labute approximate surface area is 122 Å². The molecule has 4 nitrogen and oxygen atoms in total. The van der Waals surface area contributed by atoms with Gasteiger partial charge < -0.3 is 5.32 Å². The van der Waals surface area contributed by atoms with Crippen LogP contribution < -0.4 is 10.0 Å². The van der Waals surface area contributed by atoms with Crippen molar-refractivity contribution in [2.24, 2.45) is 5.92 Å². The zero-order valence-electron chi connectivity index (χ0n) is 12.5. The summed E-state index contributed by atoms with van der Waals surface area (Å²) in [5, 5.41) is 3.33. The zero-order valence-corrected chi connectivity index (χ0v) is 13.3. The summed E-state index contributed by atoms with van der Waals surface area (Å²) in [4.78, 5) is 0.439. The van der Waals surface area contributed by atoms with E-state index in [1.54, 1.807) is 6.07 Å². The highest BCUT2D eigenvalue weighted by atomic mass is 32.2. The molecule has 1 aromatic rings. The van der Waals surface area contributed by atoms with Gasteiger partial charge in [-0.25, -0.2) is 13.1 Å². The molecule has 0 saturated carbocycles. The molecule has 2 N–H and O–H groups in total. The lowest BCUT2D eigenvalue weighted by molar-refractivity contribution is 0.550. The average Bonchev–Trinajstić information content (AvgIpc) is 2.38. The number of benzene rings is 1. The molecule has 0 saturated heterocycles. The first kappa shape index (κ1) is 15.3. The van der Waals surface area contributed by atoms with Crippen LogP contribution in [0.5, 0.6) is 0 Å². The Bertz CT molecular complexity index is 580. The number of fused-ring (bicyclic) bond motifs is 1. The van der Waals surface area contributed by atoms with Crippen molar-refractivity contribution in [1.82, 2.24) is 4.72 Å². The summed E-state index contributed by atoms with van der Waals surface area (Å²) >= 11 is 0. The molecular weight excluding hydrogens is 272 g/mol. The Hall–Kier alpha value is -1.07. The summed E-state index contributed by atoms with van der Waals surface area (Å²) in [5.41, 5.74) is 3.05. The molecule has 0 aliphatic carbocycles. The molecule has 0 fully saturated rings. The lowest BCUT2D eigenvalue weighted by Gasteiger charge is -2.23. The zero-order chi connectivity index (χ0) is 14.8. The Kier molecular flexibility index (Phi) is 4.70. The molecule has 0 aromatic heterocycles. The minimum atomic E-state index is -3.40. The number of hydrogen-bond acceptors (Lipinski definition) is 3. The summed E-state index contributed by atoms with van der Waals surface area (Å²) in [7, 11) is -3.40. The normalized spacial score (nSPS) is 15.0. The van der Waals surface area contributed by atoms with Crippen LogP contribution >= 0.6 is 0 Å². The van der Waals surface area contributed by atoms with Crippen molar-refractivity contribution in [3.63, 3.8) is 0 Å². The van der Waals surface area contributed by atoms with Crippen molar-refractivity contribution in [3.05, 3.63) is 23.3 Å². The summed E-state index contributed by atoms with van der Waals surface area (Å²) in [5.74, 6) is 0.492. The van der Waals surface area contributed by atoms with Crippen LogP contribution in [0.15, 0.2) is 17.0 Å². The summed E-state index contributed by atoms with van der Waals surface area (Å²) < 4.78 is 27.6. The molecule has 1 heterocycles. The van der Waals surface area contributed by atoms with Gasteiger partial charge in [0.25, 0.3) is 0 Å². The van der Waals surface area contributed by atoms with Crippen molar-refractivity contribution >= 4 is 15.7 Å². The quantitative estimate of drug-likeness (QED) is 0.878. The van der Waals surface area contributed by atoms with Crippen LogP contribution in [0.25, 0.3) is 0 Å². The maximum absolute atomic E-state index is 12.5. The van der Waals surface area contributed by atoms with E-state index in [-0.39, 0.29) is 0 Å². The van der Waals surface area contributed by atoms with E-state index in [9.17, 15) is 8.42 Å². The van der Waals surface area contributed by atoms with Gasteiger partial charge in [-0.1, -0.05) is 19.9 Å². The second-order valence-electron chi connectivity index (χ2n) is 5.84. The fourth-order valence-corrected chi connectivity index (χ4v) is 3.85. The Morgan fingerprint density at radius 3 is 2.80 bits per heavy atom. The first-order valence-corrected chi connectivity index (χ1v) is 8.76. The molecule has 0 spiro atoms. The van der Waals surface area contributed by atoms with E-state index in [4.69, 9.17) is 0 Å². The van der Waals surface area contributed by atoms with Gasteiger partial charge in [0.15, 0.2) is 0 Å². The van der Waals surface area contributed by atoms with Crippen LogP contribution in [0.3, 0.4) is 0 Å². The third-order valence-corrected chi connectivity index (χ3v) is 5.23. The van der Waals surface area contributed by atoms with Gasteiger partial charge in [-0.15, -0.1) is 0 Å². The minimum absolute atomic E-state index is 0.439. The molecule has 0 unspecified atom stereocenters. The van der Waals surface area contributed by atoms with Crippen LogP contribution in [0.1, 0.15) is 37.8 Å². The maximum Gasteiger partial charge on any atom is 0.240 e. The predicted molar refractivity (Wildman–Crippen MR) is 82.6 cm³/mol. The van der Waals surface area contributed by atoms with Crippen LogP contribution in [0, 0.1) is 12.8 Å². The second kappa shape index (κ2) is 6.14. The first-order chi connectivity index (χ1) is 9.42. The number of anilines is 1. The number of aryl methyl sites for hydroxylation is 1. The molecule has 5 heteroatoms. The van der Waals surface area contributed by atoms with Crippen LogP contribution in [0.2, 0.25) is 0 Å². The van der Waals surface area contributed by atoms with Crippen molar-refractivity contribution in [2.45, 2.75) is 44.9 Å². The van der Waals surface area contributed by atoms with Gasteiger partial charge in [-0.2, -0.15) is 0 Å². The number of sulfonamides is 1. The molecule has 2 rings (SSSR count). The molecule has 1 aliphatic rings. The van der Waals surface area contributed by atoms with E-state index in [1.807, 2.05) is 13.0 Å². The Balaban J connectivity index is 2.28. The summed E-state index contributed by atoms with van der Waals surface area (Å²) in [6, 6.07) is 3.62. The van der Waals surface area contributed by atoms with E-state index < -0.39 is 10.0 Å². The topological polar surface area (TPSA) is 58.2 Å². The third kappa shape index (κ3) is 3.33. The smallest absolute Gasteiger partial charge is 0.240 e. The molecule has 0 amide bonds. The summed E-state index contributed by atoms with van der Waals surface area (Å²) in [6.45, 7) is 7.60. The second-order valence-corrected chi connectivity index (χ2v) is 7.58. The van der Waals surface area contributed by atoms with Gasteiger partial charge in [0.05, 0.1) is 4.90 Å². The average molecular weight is 296 g/mol. The van der Waals surface area contributed by atoms with Gasteiger partial charge in [-0.05, 0) is 49.3 Å². The lowest BCUT2D eigenvalue weighted by atomic mass is 10.00.